The predicted molar refractivity (Wildman–Crippen MR) is 40.5 cm³/mol. The van der Waals surface area contributed by atoms with Gasteiger partial charge in [0.05, 0.1) is 12.9 Å². The van der Waals surface area contributed by atoms with Crippen molar-refractivity contribution in [1.29, 1.82) is 0 Å². The van der Waals surface area contributed by atoms with E-state index >= 15 is 0 Å². The summed E-state index contributed by atoms with van der Waals surface area (Å²) < 4.78 is 26.6. The average molecular weight is 225 g/mol. The Morgan fingerprint density at radius 2 is 2.36 bits per heavy atom. The number of imidazole rings is 1. The average Bonchev–Trinajstić information content (AvgIpc) is 2.10. The fourth-order valence-corrected chi connectivity index (χ4v) is 1.09. The van der Waals surface area contributed by atoms with Crippen molar-refractivity contribution in [1.82, 2.24) is 9.55 Å². The topological polar surface area (TPSA) is 17.8 Å². The SMILES string of the molecule is CC(F)(F)Cn1cnc(Br)c1. The molecule has 11 heavy (non-hydrogen) atoms. The summed E-state index contributed by atoms with van der Waals surface area (Å²) in [4.78, 5) is 3.75. The van der Waals surface area contributed by atoms with E-state index in [1.54, 1.807) is 0 Å². The molecule has 0 amide bonds. The number of alkyl halides is 2. The highest BCUT2D eigenvalue weighted by atomic mass is 79.9. The second-order valence-corrected chi connectivity index (χ2v) is 3.25. The lowest BCUT2D eigenvalue weighted by Crippen LogP contribution is -2.17. The van der Waals surface area contributed by atoms with E-state index in [9.17, 15) is 8.78 Å². The smallest absolute Gasteiger partial charge is 0.262 e. The maximum atomic E-state index is 12.4. The van der Waals surface area contributed by atoms with Gasteiger partial charge in [-0.15, -0.1) is 0 Å². The molecular weight excluding hydrogens is 218 g/mol. The molecule has 0 N–H and O–H groups in total. The van der Waals surface area contributed by atoms with Gasteiger partial charge in [0.15, 0.2) is 0 Å². The van der Waals surface area contributed by atoms with Crippen LogP contribution in [0.3, 0.4) is 0 Å². The fourth-order valence-electron chi connectivity index (χ4n) is 0.740. The first kappa shape index (κ1) is 8.64. The Morgan fingerprint density at radius 3 is 2.73 bits per heavy atom. The van der Waals surface area contributed by atoms with Crippen LogP contribution in [0, 0.1) is 0 Å². The quantitative estimate of drug-likeness (QED) is 0.754. The highest BCUT2D eigenvalue weighted by Crippen LogP contribution is 2.15. The molecule has 0 fully saturated rings. The molecule has 0 aliphatic rings. The number of halogens is 3. The largest absolute Gasteiger partial charge is 0.330 e. The third-order valence-corrected chi connectivity index (χ3v) is 1.47. The van der Waals surface area contributed by atoms with Gasteiger partial charge >= 0.3 is 0 Å². The zero-order chi connectivity index (χ0) is 8.48. The Kier molecular flexibility index (Phi) is 2.27. The van der Waals surface area contributed by atoms with E-state index < -0.39 is 5.92 Å². The summed E-state index contributed by atoms with van der Waals surface area (Å²) in [5.74, 6) is -2.68. The fraction of sp³-hybridized carbons (Fsp3) is 0.500. The molecule has 0 atom stereocenters. The van der Waals surface area contributed by atoms with Gasteiger partial charge < -0.3 is 4.57 Å². The Morgan fingerprint density at radius 1 is 1.73 bits per heavy atom. The number of aromatic nitrogens is 2. The van der Waals surface area contributed by atoms with Crippen LogP contribution in [0.25, 0.3) is 0 Å². The Balaban J connectivity index is 2.65. The molecule has 0 aliphatic carbocycles. The summed E-state index contributed by atoms with van der Waals surface area (Å²) in [5.41, 5.74) is 0. The lowest BCUT2D eigenvalue weighted by atomic mass is 10.4. The van der Waals surface area contributed by atoms with Crippen molar-refractivity contribution < 1.29 is 8.78 Å². The van der Waals surface area contributed by atoms with E-state index in [2.05, 4.69) is 20.9 Å². The van der Waals surface area contributed by atoms with Gasteiger partial charge in [0, 0.05) is 13.1 Å². The normalized spacial score (nSPS) is 12.0. The van der Waals surface area contributed by atoms with Crippen molar-refractivity contribution >= 4 is 15.9 Å². The number of hydrogen-bond acceptors (Lipinski definition) is 1. The molecule has 0 spiro atoms. The van der Waals surface area contributed by atoms with Crippen LogP contribution in [-0.4, -0.2) is 15.5 Å². The second-order valence-electron chi connectivity index (χ2n) is 2.44. The summed E-state index contributed by atoms with van der Waals surface area (Å²) in [6.07, 6.45) is 2.87. The molecule has 62 valence electrons. The number of hydrogen-bond donors (Lipinski definition) is 0. The van der Waals surface area contributed by atoms with Crippen molar-refractivity contribution in [2.75, 3.05) is 0 Å². The van der Waals surface area contributed by atoms with E-state index in [1.807, 2.05) is 0 Å². The summed E-state index contributed by atoms with van der Waals surface area (Å²) in [6.45, 7) is 0.548. The van der Waals surface area contributed by atoms with Crippen LogP contribution in [0.4, 0.5) is 8.78 Å². The molecule has 0 aromatic carbocycles. The van der Waals surface area contributed by atoms with Crippen molar-refractivity contribution in [3.05, 3.63) is 17.1 Å². The minimum absolute atomic E-state index is 0.328. The highest BCUT2D eigenvalue weighted by molar-refractivity contribution is 9.10. The molecule has 1 aromatic heterocycles. The van der Waals surface area contributed by atoms with Crippen LogP contribution in [-0.2, 0) is 6.54 Å². The standard InChI is InChI=1S/C6H7BrF2N2/c1-6(8,9)3-11-2-5(7)10-4-11/h2,4H,3H2,1H3. The summed E-state index contributed by atoms with van der Waals surface area (Å²) in [7, 11) is 0. The number of nitrogens with zero attached hydrogens (tertiary/aromatic N) is 2. The van der Waals surface area contributed by atoms with Crippen molar-refractivity contribution in [3.8, 4) is 0 Å². The first-order valence-corrected chi connectivity index (χ1v) is 3.82. The molecule has 1 aromatic rings. The monoisotopic (exact) mass is 224 g/mol. The second kappa shape index (κ2) is 2.89. The van der Waals surface area contributed by atoms with Gasteiger partial charge in [0.2, 0.25) is 0 Å². The molecule has 1 rings (SSSR count). The Labute approximate surface area is 71.4 Å². The molecule has 0 saturated heterocycles. The molecule has 0 radical (unpaired) electrons. The first-order chi connectivity index (χ1) is 4.97. The summed E-state index contributed by atoms with van der Waals surface area (Å²) in [5, 5.41) is 0. The maximum absolute atomic E-state index is 12.4. The van der Waals surface area contributed by atoms with Crippen molar-refractivity contribution in [3.63, 3.8) is 0 Å². The molecule has 0 aliphatic heterocycles. The first-order valence-electron chi connectivity index (χ1n) is 3.02. The maximum Gasteiger partial charge on any atom is 0.262 e. The predicted octanol–water partition coefficient (Wildman–Crippen LogP) is 2.30. The van der Waals surface area contributed by atoms with Crippen molar-refractivity contribution in [2.24, 2.45) is 0 Å². The van der Waals surface area contributed by atoms with Crippen LogP contribution >= 0.6 is 15.9 Å². The van der Waals surface area contributed by atoms with Crippen LogP contribution in [0.1, 0.15) is 6.92 Å². The van der Waals surface area contributed by atoms with E-state index in [-0.39, 0.29) is 6.54 Å². The van der Waals surface area contributed by atoms with E-state index in [0.717, 1.165) is 6.92 Å². The highest BCUT2D eigenvalue weighted by Gasteiger charge is 2.21. The van der Waals surface area contributed by atoms with Gasteiger partial charge in [-0.25, -0.2) is 13.8 Å². The van der Waals surface area contributed by atoms with E-state index in [4.69, 9.17) is 0 Å². The molecule has 2 nitrogen and oxygen atoms in total. The Bertz CT molecular complexity index is 241. The van der Waals surface area contributed by atoms with Gasteiger partial charge in [-0.3, -0.25) is 0 Å². The zero-order valence-corrected chi connectivity index (χ0v) is 7.48. The third kappa shape index (κ3) is 2.96. The molecule has 0 saturated carbocycles. The molecule has 0 bridgehead atoms. The summed E-state index contributed by atoms with van der Waals surface area (Å²) in [6, 6.07) is 0. The van der Waals surface area contributed by atoms with Gasteiger partial charge in [0.25, 0.3) is 5.92 Å². The van der Waals surface area contributed by atoms with Crippen molar-refractivity contribution in [2.45, 2.75) is 19.4 Å². The lowest BCUT2D eigenvalue weighted by molar-refractivity contribution is 0.00388. The Hall–Kier alpha value is -0.450. The molecule has 1 heterocycles. The molecular formula is C6H7BrF2N2. The van der Waals surface area contributed by atoms with E-state index in [0.29, 0.717) is 4.60 Å². The van der Waals surface area contributed by atoms with Gasteiger partial charge in [0.1, 0.15) is 4.60 Å². The number of rotatable bonds is 2. The van der Waals surface area contributed by atoms with E-state index in [1.165, 1.54) is 17.1 Å². The van der Waals surface area contributed by atoms with Gasteiger partial charge in [-0.1, -0.05) is 0 Å². The van der Waals surface area contributed by atoms with Crippen LogP contribution in [0.15, 0.2) is 17.1 Å². The molecule has 5 heteroatoms. The van der Waals surface area contributed by atoms with Gasteiger partial charge in [-0.05, 0) is 15.9 Å². The minimum atomic E-state index is -2.68. The zero-order valence-electron chi connectivity index (χ0n) is 5.89. The van der Waals surface area contributed by atoms with Gasteiger partial charge in [-0.2, -0.15) is 0 Å². The van der Waals surface area contributed by atoms with Crippen LogP contribution < -0.4 is 0 Å². The summed E-state index contributed by atoms with van der Waals surface area (Å²) >= 11 is 3.06. The minimum Gasteiger partial charge on any atom is -0.330 e. The molecule has 0 unspecified atom stereocenters. The third-order valence-electron chi connectivity index (χ3n) is 1.06. The lowest BCUT2D eigenvalue weighted by Gasteiger charge is -2.09. The van der Waals surface area contributed by atoms with Crippen LogP contribution in [0.2, 0.25) is 0 Å². The van der Waals surface area contributed by atoms with Crippen LogP contribution in [0.5, 0.6) is 0 Å².